The summed E-state index contributed by atoms with van der Waals surface area (Å²) in [5.41, 5.74) is 9.31. The maximum absolute atomic E-state index is 9.59. The average Bonchev–Trinajstić information content (AvgIpc) is 2.37. The van der Waals surface area contributed by atoms with Crippen LogP contribution in [0.3, 0.4) is 0 Å². The number of carbonyl (C=O) groups is 3. The van der Waals surface area contributed by atoms with Gasteiger partial charge in [0.1, 0.15) is 6.79 Å². The predicted octanol–water partition coefficient (Wildman–Crippen LogP) is 0.213. The van der Waals surface area contributed by atoms with E-state index in [1.54, 1.807) is 13.8 Å². The molecule has 6 heteroatoms. The number of hydrogen-bond acceptors (Lipinski definition) is 4. The first-order valence-corrected chi connectivity index (χ1v) is 4.84. The Bertz CT molecular complexity index is 116. The molecule has 0 fully saturated rings. The van der Waals surface area contributed by atoms with Crippen LogP contribution in [0.15, 0.2) is 0 Å². The minimum atomic E-state index is -0.245. The summed E-state index contributed by atoms with van der Waals surface area (Å²) in [6, 6.07) is 0. The molecule has 0 unspecified atom stereocenters. The lowest BCUT2D eigenvalue weighted by molar-refractivity contribution is -0.118. The lowest BCUT2D eigenvalue weighted by atomic mass is 10.5. The van der Waals surface area contributed by atoms with E-state index in [9.17, 15) is 9.59 Å². The fourth-order valence-corrected chi connectivity index (χ4v) is 0. The van der Waals surface area contributed by atoms with Gasteiger partial charge in [0.05, 0.1) is 0 Å². The van der Waals surface area contributed by atoms with E-state index in [1.807, 2.05) is 20.6 Å². The molecule has 6 nitrogen and oxygen atoms in total. The highest BCUT2D eigenvalue weighted by Crippen LogP contribution is 1.63. The summed E-state index contributed by atoms with van der Waals surface area (Å²) in [6.07, 6.45) is 0.889. The molecule has 0 atom stereocenters. The maximum atomic E-state index is 9.59. The third-order valence-corrected chi connectivity index (χ3v) is 0.697. The quantitative estimate of drug-likeness (QED) is 0.636. The molecule has 0 radical (unpaired) electrons. The second-order valence-corrected chi connectivity index (χ2v) is 1.64. The topological polar surface area (TPSA) is 123 Å². The van der Waals surface area contributed by atoms with Gasteiger partial charge in [-0.05, 0) is 0 Å². The van der Waals surface area contributed by atoms with Gasteiger partial charge in [-0.3, -0.25) is 9.59 Å². The molecule has 2 amide bonds. The van der Waals surface area contributed by atoms with Gasteiger partial charge < -0.3 is 21.4 Å². The van der Waals surface area contributed by atoms with E-state index in [0.29, 0.717) is 12.8 Å². The van der Waals surface area contributed by atoms with Crippen LogP contribution in [0.2, 0.25) is 0 Å². The molecule has 16 heavy (non-hydrogen) atoms. The van der Waals surface area contributed by atoms with Crippen LogP contribution in [-0.2, 0) is 14.4 Å². The highest BCUT2D eigenvalue weighted by molar-refractivity contribution is 5.73. The fraction of sp³-hybridized carbons (Fsp3) is 0.700. The fourth-order valence-electron chi connectivity index (χ4n) is 0. The number of primary amides is 2. The van der Waals surface area contributed by atoms with Crippen LogP contribution in [0.4, 0.5) is 0 Å². The normalized spacial score (nSPS) is 5.62. The summed E-state index contributed by atoms with van der Waals surface area (Å²) in [5.74, 6) is -0.491. The number of rotatable bonds is 2. The van der Waals surface area contributed by atoms with E-state index in [-0.39, 0.29) is 11.8 Å². The molecule has 0 heterocycles. The Kier molecular flexibility index (Phi) is 90.9. The number of hydrogen-bond donors (Lipinski definition) is 3. The molecule has 0 saturated heterocycles. The highest BCUT2D eigenvalue weighted by Gasteiger charge is 1.77. The van der Waals surface area contributed by atoms with E-state index in [0.717, 1.165) is 7.11 Å². The lowest BCUT2D eigenvalue weighted by Gasteiger charge is -1.73. The van der Waals surface area contributed by atoms with Crippen molar-refractivity contribution < 1.29 is 19.5 Å². The van der Waals surface area contributed by atoms with Gasteiger partial charge in [-0.1, -0.05) is 27.7 Å². The molecule has 0 aromatic carbocycles. The van der Waals surface area contributed by atoms with Crippen LogP contribution in [-0.4, -0.2) is 30.8 Å². The number of nitrogens with two attached hydrogens (primary N) is 2. The molecule has 0 spiro atoms. The first-order valence-electron chi connectivity index (χ1n) is 4.84. The zero-order valence-corrected chi connectivity index (χ0v) is 10.9. The molecular formula is C10H26N2O4. The van der Waals surface area contributed by atoms with Crippen molar-refractivity contribution in [2.75, 3.05) is 7.11 Å². The Hall–Kier alpha value is -1.43. The van der Waals surface area contributed by atoms with Crippen molar-refractivity contribution in [1.29, 1.82) is 0 Å². The van der Waals surface area contributed by atoms with Crippen LogP contribution in [0.25, 0.3) is 0 Å². The molecule has 0 bridgehead atoms. The summed E-state index contributed by atoms with van der Waals surface area (Å²) < 4.78 is 0. The van der Waals surface area contributed by atoms with Crippen LogP contribution < -0.4 is 11.5 Å². The molecule has 0 aromatic heterocycles. The number of carbonyl (C=O) groups excluding carboxylic acids is 3. The second-order valence-electron chi connectivity index (χ2n) is 1.64. The molecule has 100 valence electrons. The largest absolute Gasteiger partial charge is 0.400 e. The van der Waals surface area contributed by atoms with Gasteiger partial charge in [0, 0.05) is 20.0 Å². The monoisotopic (exact) mass is 238 g/mol. The molecule has 0 aliphatic heterocycles. The zero-order chi connectivity index (χ0) is 14.6. The van der Waals surface area contributed by atoms with Gasteiger partial charge in [0.2, 0.25) is 11.8 Å². The summed E-state index contributed by atoms with van der Waals surface area (Å²) in [7, 11) is 1.00. The minimum Gasteiger partial charge on any atom is -0.400 e. The molecule has 0 aliphatic rings. The van der Waals surface area contributed by atoms with Gasteiger partial charge in [-0.15, -0.1) is 0 Å². The van der Waals surface area contributed by atoms with Crippen molar-refractivity contribution in [2.45, 2.75) is 40.5 Å². The van der Waals surface area contributed by atoms with Crippen molar-refractivity contribution in [2.24, 2.45) is 11.5 Å². The van der Waals surface area contributed by atoms with Gasteiger partial charge in [-0.2, -0.15) is 0 Å². The Morgan fingerprint density at radius 2 is 1.00 bits per heavy atom. The van der Waals surface area contributed by atoms with Crippen LogP contribution in [0, 0.1) is 0 Å². The van der Waals surface area contributed by atoms with Crippen molar-refractivity contribution in [3.8, 4) is 0 Å². The molecular weight excluding hydrogens is 212 g/mol. The van der Waals surface area contributed by atoms with Crippen LogP contribution in [0.1, 0.15) is 40.5 Å². The van der Waals surface area contributed by atoms with E-state index < -0.39 is 0 Å². The number of amides is 2. The third kappa shape index (κ3) is 255. The second kappa shape index (κ2) is 49.7. The number of aliphatic hydroxyl groups excluding tert-OH is 1. The average molecular weight is 238 g/mol. The first-order chi connectivity index (χ1) is 7.54. The van der Waals surface area contributed by atoms with E-state index in [1.165, 1.54) is 0 Å². The zero-order valence-electron chi connectivity index (χ0n) is 10.9. The molecule has 5 N–H and O–H groups in total. The van der Waals surface area contributed by atoms with Crippen molar-refractivity contribution in [3.63, 3.8) is 0 Å². The van der Waals surface area contributed by atoms with Crippen molar-refractivity contribution >= 4 is 18.6 Å². The van der Waals surface area contributed by atoms with Gasteiger partial charge in [0.25, 0.3) is 0 Å². The Labute approximate surface area is 98.0 Å². The summed E-state index contributed by atoms with van der Waals surface area (Å²) in [6.45, 7) is 9.45. The summed E-state index contributed by atoms with van der Waals surface area (Å²) in [4.78, 5) is 27.2. The van der Waals surface area contributed by atoms with Gasteiger partial charge >= 0.3 is 0 Å². The van der Waals surface area contributed by atoms with Crippen molar-refractivity contribution in [3.05, 3.63) is 0 Å². The van der Waals surface area contributed by atoms with E-state index >= 15 is 0 Å². The lowest BCUT2D eigenvalue weighted by Crippen LogP contribution is -2.06. The third-order valence-electron chi connectivity index (χ3n) is 0.697. The minimum absolute atomic E-state index is 0.245. The van der Waals surface area contributed by atoms with E-state index in [4.69, 9.17) is 9.90 Å². The Balaban J connectivity index is -0.0000000345. The van der Waals surface area contributed by atoms with Gasteiger partial charge in [-0.25, -0.2) is 0 Å². The Morgan fingerprint density at radius 1 is 0.938 bits per heavy atom. The van der Waals surface area contributed by atoms with Gasteiger partial charge in [0.15, 0.2) is 0 Å². The number of aliphatic hydroxyl groups is 1. The highest BCUT2D eigenvalue weighted by atomic mass is 16.2. The summed E-state index contributed by atoms with van der Waals surface area (Å²) >= 11 is 0. The molecule has 0 rings (SSSR count). The van der Waals surface area contributed by atoms with E-state index in [2.05, 4.69) is 11.5 Å². The van der Waals surface area contributed by atoms with Crippen molar-refractivity contribution in [1.82, 2.24) is 0 Å². The maximum Gasteiger partial charge on any atom is 0.217 e. The van der Waals surface area contributed by atoms with Crippen LogP contribution >= 0.6 is 0 Å². The standard InChI is InChI=1S/2C3H7NO.C2H6.CH4O.CH2O/c2*1-2-3(4)5;3*1-2/h2*2H2,1H3,(H2,4,5);1-2H3;2H,1H3;1H2. The molecule has 0 aliphatic carbocycles. The SMILES string of the molecule is C=O.CC.CCC(N)=O.CCC(N)=O.CO. The predicted molar refractivity (Wildman–Crippen MR) is 65.6 cm³/mol. The first kappa shape index (κ1) is 29.3. The molecule has 0 saturated carbocycles. The summed E-state index contributed by atoms with van der Waals surface area (Å²) in [5, 5.41) is 7.00. The smallest absolute Gasteiger partial charge is 0.217 e. The van der Waals surface area contributed by atoms with Crippen LogP contribution in [0.5, 0.6) is 0 Å². The Morgan fingerprint density at radius 3 is 1.00 bits per heavy atom. The molecule has 0 aromatic rings.